The molecular weight excluding hydrogens is 384 g/mol. The van der Waals surface area contributed by atoms with E-state index in [4.69, 9.17) is 0 Å². The largest absolute Gasteiger partial charge is 0.388 e. The maximum absolute atomic E-state index is 10.2. The molecule has 140 valence electrons. The first-order chi connectivity index (χ1) is 12.1. The summed E-state index contributed by atoms with van der Waals surface area (Å²) in [7, 11) is 0. The molecule has 1 unspecified atom stereocenters. The SMILES string of the molecule is CCCCC(O)c1ccc(Br)nc1-c1nnn[nH]1.CCN(CC)CC. The first kappa shape index (κ1) is 21.7. The Kier molecular flexibility index (Phi) is 10.4. The van der Waals surface area contributed by atoms with E-state index in [-0.39, 0.29) is 0 Å². The number of aliphatic hydroxyl groups excluding tert-OH is 1. The minimum absolute atomic E-state index is 0.460. The number of hydrogen-bond acceptors (Lipinski definition) is 6. The fraction of sp³-hybridized carbons (Fsp3) is 0.647. The van der Waals surface area contributed by atoms with Gasteiger partial charge in [-0.2, -0.15) is 0 Å². The standard InChI is InChI=1S/C11H14BrN5O.C6H15N/c1-2-3-4-8(18)7-5-6-9(12)13-10(7)11-14-16-17-15-11;1-4-7(5-2)6-3/h5-6,8,18H,2-4H2,1H3,(H,14,15,16,17);4-6H2,1-3H3. The molecular formula is C17H29BrN6O. The summed E-state index contributed by atoms with van der Waals surface area (Å²) >= 11 is 3.31. The van der Waals surface area contributed by atoms with Crippen LogP contribution in [0.25, 0.3) is 11.5 Å². The number of aromatic amines is 1. The summed E-state index contributed by atoms with van der Waals surface area (Å²) in [4.78, 5) is 6.70. The number of halogens is 1. The van der Waals surface area contributed by atoms with E-state index >= 15 is 0 Å². The molecule has 8 heteroatoms. The number of pyridine rings is 1. The molecule has 0 saturated heterocycles. The van der Waals surface area contributed by atoms with E-state index in [2.05, 4.69) is 74.1 Å². The molecule has 0 saturated carbocycles. The van der Waals surface area contributed by atoms with Crippen molar-refractivity contribution in [3.63, 3.8) is 0 Å². The van der Waals surface area contributed by atoms with Gasteiger partial charge in [0.1, 0.15) is 10.3 Å². The van der Waals surface area contributed by atoms with E-state index < -0.39 is 6.10 Å². The van der Waals surface area contributed by atoms with Gasteiger partial charge in [-0.25, -0.2) is 10.1 Å². The zero-order valence-electron chi connectivity index (χ0n) is 15.5. The van der Waals surface area contributed by atoms with Crippen molar-refractivity contribution in [2.75, 3.05) is 19.6 Å². The van der Waals surface area contributed by atoms with E-state index in [1.165, 1.54) is 19.6 Å². The molecule has 0 bridgehead atoms. The quantitative estimate of drug-likeness (QED) is 0.643. The second kappa shape index (κ2) is 12.1. The van der Waals surface area contributed by atoms with Gasteiger partial charge in [0.2, 0.25) is 0 Å². The smallest absolute Gasteiger partial charge is 0.198 e. The van der Waals surface area contributed by atoms with Crippen LogP contribution in [0.15, 0.2) is 16.7 Å². The molecule has 0 radical (unpaired) electrons. The highest BCUT2D eigenvalue weighted by Crippen LogP contribution is 2.28. The molecule has 0 fully saturated rings. The molecule has 7 nitrogen and oxygen atoms in total. The minimum atomic E-state index is -0.550. The van der Waals surface area contributed by atoms with Gasteiger partial charge in [-0.15, -0.1) is 5.10 Å². The predicted octanol–water partition coefficient (Wildman–Crippen LogP) is 3.60. The molecule has 2 heterocycles. The zero-order valence-corrected chi connectivity index (χ0v) is 17.1. The molecule has 0 aliphatic rings. The molecule has 0 aliphatic heterocycles. The maximum atomic E-state index is 10.2. The Labute approximate surface area is 158 Å². The number of aromatic nitrogens is 5. The Hall–Kier alpha value is -1.38. The number of nitrogens with zero attached hydrogens (tertiary/aromatic N) is 5. The lowest BCUT2D eigenvalue weighted by atomic mass is 10.0. The van der Waals surface area contributed by atoms with Crippen LogP contribution in [0, 0.1) is 0 Å². The minimum Gasteiger partial charge on any atom is -0.388 e. The Morgan fingerprint density at radius 3 is 2.32 bits per heavy atom. The highest BCUT2D eigenvalue weighted by molar-refractivity contribution is 9.10. The summed E-state index contributed by atoms with van der Waals surface area (Å²) < 4.78 is 0.681. The van der Waals surface area contributed by atoms with Crippen LogP contribution >= 0.6 is 15.9 Å². The summed E-state index contributed by atoms with van der Waals surface area (Å²) in [5.74, 6) is 0.460. The number of H-pyrrole nitrogens is 1. The van der Waals surface area contributed by atoms with Gasteiger partial charge >= 0.3 is 0 Å². The van der Waals surface area contributed by atoms with Crippen LogP contribution in [0.1, 0.15) is 58.6 Å². The summed E-state index contributed by atoms with van der Waals surface area (Å²) in [6.45, 7) is 12.2. The molecule has 1 atom stereocenters. The van der Waals surface area contributed by atoms with Crippen LogP contribution in [0.3, 0.4) is 0 Å². The van der Waals surface area contributed by atoms with Crippen molar-refractivity contribution in [3.05, 3.63) is 22.3 Å². The number of aliphatic hydroxyl groups is 1. The molecule has 2 aromatic heterocycles. The lowest BCUT2D eigenvalue weighted by Gasteiger charge is -2.13. The average Bonchev–Trinajstić information content (AvgIpc) is 3.16. The number of tetrazole rings is 1. The van der Waals surface area contributed by atoms with Crippen LogP contribution in [0.5, 0.6) is 0 Å². The lowest BCUT2D eigenvalue weighted by molar-refractivity contribution is 0.164. The third-order valence-electron chi connectivity index (χ3n) is 3.99. The third kappa shape index (κ3) is 7.17. The molecule has 0 aliphatic carbocycles. The van der Waals surface area contributed by atoms with E-state index in [1.807, 2.05) is 6.07 Å². The van der Waals surface area contributed by atoms with Gasteiger partial charge in [-0.1, -0.05) is 46.6 Å². The number of nitrogens with one attached hydrogen (secondary N) is 1. The number of unbranched alkanes of at least 4 members (excludes halogenated alkanes) is 1. The first-order valence-corrected chi connectivity index (χ1v) is 9.67. The average molecular weight is 413 g/mol. The van der Waals surface area contributed by atoms with Crippen molar-refractivity contribution in [2.24, 2.45) is 0 Å². The van der Waals surface area contributed by atoms with Gasteiger partial charge in [-0.05, 0) is 58.5 Å². The van der Waals surface area contributed by atoms with Crippen molar-refractivity contribution in [1.29, 1.82) is 0 Å². The molecule has 0 aromatic carbocycles. The van der Waals surface area contributed by atoms with Gasteiger partial charge in [0.15, 0.2) is 5.82 Å². The monoisotopic (exact) mass is 412 g/mol. The zero-order chi connectivity index (χ0) is 18.7. The molecule has 25 heavy (non-hydrogen) atoms. The molecule has 2 aromatic rings. The Morgan fingerprint density at radius 1 is 1.16 bits per heavy atom. The Morgan fingerprint density at radius 2 is 1.84 bits per heavy atom. The lowest BCUT2D eigenvalue weighted by Crippen LogP contribution is -2.21. The van der Waals surface area contributed by atoms with E-state index in [1.54, 1.807) is 6.07 Å². The van der Waals surface area contributed by atoms with Crippen molar-refractivity contribution < 1.29 is 5.11 Å². The van der Waals surface area contributed by atoms with Crippen LogP contribution in [0.4, 0.5) is 0 Å². The van der Waals surface area contributed by atoms with Gasteiger partial charge < -0.3 is 10.0 Å². The van der Waals surface area contributed by atoms with Gasteiger partial charge in [0, 0.05) is 5.56 Å². The second-order valence-electron chi connectivity index (χ2n) is 5.60. The fourth-order valence-electron chi connectivity index (χ4n) is 2.39. The van der Waals surface area contributed by atoms with Crippen LogP contribution in [-0.4, -0.2) is 55.2 Å². The van der Waals surface area contributed by atoms with Crippen molar-refractivity contribution in [2.45, 2.75) is 53.1 Å². The maximum Gasteiger partial charge on any atom is 0.198 e. The topological polar surface area (TPSA) is 90.8 Å². The highest BCUT2D eigenvalue weighted by Gasteiger charge is 2.17. The van der Waals surface area contributed by atoms with Gasteiger partial charge in [0.25, 0.3) is 0 Å². The normalized spacial score (nSPS) is 12.0. The van der Waals surface area contributed by atoms with Gasteiger partial charge in [-0.3, -0.25) is 0 Å². The van der Waals surface area contributed by atoms with Crippen LogP contribution < -0.4 is 0 Å². The first-order valence-electron chi connectivity index (χ1n) is 8.88. The Bertz CT molecular complexity index is 583. The summed E-state index contributed by atoms with van der Waals surface area (Å²) in [5.41, 5.74) is 1.32. The van der Waals surface area contributed by atoms with Crippen molar-refractivity contribution >= 4 is 15.9 Å². The van der Waals surface area contributed by atoms with E-state index in [0.29, 0.717) is 22.5 Å². The number of rotatable bonds is 8. The summed E-state index contributed by atoms with van der Waals surface area (Å²) in [6, 6.07) is 3.65. The predicted molar refractivity (Wildman–Crippen MR) is 103 cm³/mol. The van der Waals surface area contributed by atoms with Crippen molar-refractivity contribution in [3.8, 4) is 11.5 Å². The van der Waals surface area contributed by atoms with Crippen molar-refractivity contribution in [1.82, 2.24) is 30.5 Å². The molecule has 0 spiro atoms. The summed E-state index contributed by atoms with van der Waals surface area (Å²) in [5, 5.41) is 23.8. The van der Waals surface area contributed by atoms with Crippen LogP contribution in [-0.2, 0) is 0 Å². The fourth-order valence-corrected chi connectivity index (χ4v) is 2.70. The molecule has 2 N–H and O–H groups in total. The third-order valence-corrected chi connectivity index (χ3v) is 4.44. The Balaban J connectivity index is 0.000000381. The highest BCUT2D eigenvalue weighted by atomic mass is 79.9. The second-order valence-corrected chi connectivity index (χ2v) is 6.41. The molecule has 2 rings (SSSR count). The van der Waals surface area contributed by atoms with Crippen LogP contribution in [0.2, 0.25) is 0 Å². The molecule has 0 amide bonds. The summed E-state index contributed by atoms with van der Waals surface area (Å²) in [6.07, 6.45) is 2.16. The van der Waals surface area contributed by atoms with Gasteiger partial charge in [0.05, 0.1) is 6.10 Å². The van der Waals surface area contributed by atoms with E-state index in [9.17, 15) is 5.11 Å². The van der Waals surface area contributed by atoms with E-state index in [0.717, 1.165) is 18.4 Å². The number of hydrogen-bond donors (Lipinski definition) is 2.